The van der Waals surface area contributed by atoms with E-state index in [1.165, 1.54) is 51.7 Å². The zero-order valence-corrected chi connectivity index (χ0v) is 23.4. The van der Waals surface area contributed by atoms with Gasteiger partial charge in [0.25, 0.3) is 0 Å². The normalized spacial score (nSPS) is 30.5. The fourth-order valence-corrected chi connectivity index (χ4v) is 4.52. The molecule has 7 N–H and O–H groups in total. The Hall–Kier alpha value is -3.61. The van der Waals surface area contributed by atoms with Crippen molar-refractivity contribution in [1.29, 1.82) is 0 Å². The molecule has 0 spiro atoms. The Labute approximate surface area is 245 Å². The van der Waals surface area contributed by atoms with Gasteiger partial charge < -0.3 is 73.6 Å². The average molecular weight is 615 g/mol. The summed E-state index contributed by atoms with van der Waals surface area (Å²) in [5, 5.41) is 72.6. The summed E-state index contributed by atoms with van der Waals surface area (Å²) < 4.78 is 43.3. The van der Waals surface area contributed by atoms with Gasteiger partial charge in [-0.05, 0) is 18.2 Å². The van der Waals surface area contributed by atoms with E-state index in [0.29, 0.717) is 0 Å². The van der Waals surface area contributed by atoms with Gasteiger partial charge in [-0.25, -0.2) is 4.79 Å². The third-order valence-corrected chi connectivity index (χ3v) is 6.97. The number of rotatable bonds is 11. The molecule has 0 bridgehead atoms. The van der Waals surface area contributed by atoms with Gasteiger partial charge in [-0.2, -0.15) is 0 Å². The maximum absolute atomic E-state index is 12.5. The van der Waals surface area contributed by atoms with E-state index in [2.05, 4.69) is 0 Å². The first kappa shape index (κ1) is 32.3. The van der Waals surface area contributed by atoms with Gasteiger partial charge in [0, 0.05) is 12.1 Å². The molecule has 0 radical (unpaired) electrons. The van der Waals surface area contributed by atoms with Crippen molar-refractivity contribution in [3.63, 3.8) is 0 Å². The lowest BCUT2D eigenvalue weighted by molar-refractivity contribution is -0.319. The Kier molecular flexibility index (Phi) is 10.0. The lowest BCUT2D eigenvalue weighted by atomic mass is 9.98. The number of carbonyl (C=O) groups is 1. The second kappa shape index (κ2) is 13.4. The molecule has 238 valence electrons. The van der Waals surface area contributed by atoms with Crippen molar-refractivity contribution in [2.45, 2.75) is 48.7 Å². The van der Waals surface area contributed by atoms with Crippen LogP contribution in [-0.2, 0) is 18.9 Å². The number of hydrogen-bond acceptors (Lipinski definition) is 16. The maximum Gasteiger partial charge on any atom is 0.338 e. The van der Waals surface area contributed by atoms with Crippen molar-refractivity contribution in [3.8, 4) is 34.5 Å². The van der Waals surface area contributed by atoms with Crippen molar-refractivity contribution < 1.29 is 78.4 Å². The summed E-state index contributed by atoms with van der Waals surface area (Å²) in [6.07, 6.45) is -11.4. The van der Waals surface area contributed by atoms with Gasteiger partial charge in [0.2, 0.25) is 12.0 Å². The van der Waals surface area contributed by atoms with Gasteiger partial charge in [-0.3, -0.25) is 0 Å². The van der Waals surface area contributed by atoms with E-state index in [4.69, 9.17) is 37.9 Å². The van der Waals surface area contributed by atoms with E-state index in [1.807, 2.05) is 0 Å². The summed E-state index contributed by atoms with van der Waals surface area (Å²) in [5.74, 6) is -1.39. The first-order chi connectivity index (χ1) is 20.5. The predicted octanol–water partition coefficient (Wildman–Crippen LogP) is -1.37. The Morgan fingerprint density at radius 2 is 1.60 bits per heavy atom. The van der Waals surface area contributed by atoms with Crippen molar-refractivity contribution >= 4 is 5.97 Å². The standard InChI is InChI=1S/C27H34O16/c1-36-15-6-12(4-5-14(15)30)24(34)39-10-27(35)11-40-26(23(27)33)43-22-20(32)19(31)18(9-28)41-25(22)42-21-16(37-2)7-13(29)8-17(21)38-3/h4-8,18-20,22-23,25-26,28-33,35H,9-11H2,1-3H3/t18-,19-,20+,22-,23+,25+,26+,27-/m1/s1. The number of benzene rings is 2. The molecule has 2 fully saturated rings. The van der Waals surface area contributed by atoms with Gasteiger partial charge in [-0.15, -0.1) is 0 Å². The monoisotopic (exact) mass is 614 g/mol. The van der Waals surface area contributed by atoms with Crippen molar-refractivity contribution in [3.05, 3.63) is 35.9 Å². The van der Waals surface area contributed by atoms with Crippen LogP contribution < -0.4 is 18.9 Å². The summed E-state index contributed by atoms with van der Waals surface area (Å²) in [7, 11) is 3.88. The Morgan fingerprint density at radius 1 is 0.953 bits per heavy atom. The number of methoxy groups -OCH3 is 3. The van der Waals surface area contributed by atoms with Crippen LogP contribution in [0, 0.1) is 0 Å². The van der Waals surface area contributed by atoms with Gasteiger partial charge in [0.05, 0.1) is 40.1 Å². The molecular weight excluding hydrogens is 580 g/mol. The molecule has 2 heterocycles. The number of carbonyl (C=O) groups excluding carboxylic acids is 1. The lowest BCUT2D eigenvalue weighted by Crippen LogP contribution is -2.62. The van der Waals surface area contributed by atoms with Crippen LogP contribution in [0.2, 0.25) is 0 Å². The minimum Gasteiger partial charge on any atom is -0.508 e. The highest BCUT2D eigenvalue weighted by Crippen LogP contribution is 2.43. The highest BCUT2D eigenvalue weighted by Gasteiger charge is 2.54. The number of esters is 1. The average Bonchev–Trinajstić information content (AvgIpc) is 3.28. The molecule has 2 aliphatic rings. The fourth-order valence-electron chi connectivity index (χ4n) is 4.52. The number of aliphatic hydroxyl groups excluding tert-OH is 4. The quantitative estimate of drug-likeness (QED) is 0.145. The molecule has 0 saturated carbocycles. The number of ether oxygens (including phenoxy) is 8. The van der Waals surface area contributed by atoms with Gasteiger partial charge >= 0.3 is 5.97 Å². The summed E-state index contributed by atoms with van der Waals surface area (Å²) in [4.78, 5) is 12.5. The Bertz CT molecular complexity index is 1250. The third-order valence-electron chi connectivity index (χ3n) is 6.97. The van der Waals surface area contributed by atoms with Crippen LogP contribution >= 0.6 is 0 Å². The third kappa shape index (κ3) is 6.66. The molecule has 0 aromatic heterocycles. The first-order valence-corrected chi connectivity index (χ1v) is 12.9. The lowest BCUT2D eigenvalue weighted by Gasteiger charge is -2.42. The van der Waals surface area contributed by atoms with Gasteiger partial charge in [-0.1, -0.05) is 0 Å². The van der Waals surface area contributed by atoms with Crippen LogP contribution in [0.5, 0.6) is 34.5 Å². The number of phenols is 2. The molecule has 0 amide bonds. The topological polar surface area (TPSA) is 233 Å². The highest BCUT2D eigenvalue weighted by molar-refractivity contribution is 5.90. The zero-order chi connectivity index (χ0) is 31.5. The van der Waals surface area contributed by atoms with E-state index in [0.717, 1.165) is 0 Å². The molecule has 0 aliphatic carbocycles. The minimum absolute atomic E-state index is 0.0000455. The van der Waals surface area contributed by atoms with Crippen LogP contribution in [0.4, 0.5) is 0 Å². The Balaban J connectivity index is 1.50. The molecule has 43 heavy (non-hydrogen) atoms. The largest absolute Gasteiger partial charge is 0.508 e. The molecular formula is C27H34O16. The van der Waals surface area contributed by atoms with Gasteiger partial charge in [0.15, 0.2) is 41.0 Å². The molecule has 2 aliphatic heterocycles. The van der Waals surface area contributed by atoms with Crippen LogP contribution in [0.25, 0.3) is 0 Å². The summed E-state index contributed by atoms with van der Waals surface area (Å²) in [6.45, 7) is -2.02. The summed E-state index contributed by atoms with van der Waals surface area (Å²) in [5.41, 5.74) is -2.16. The molecule has 2 aromatic rings. The number of hydrogen-bond donors (Lipinski definition) is 7. The Morgan fingerprint density at radius 3 is 2.21 bits per heavy atom. The number of phenolic OH excluding ortho intramolecular Hbond substituents is 2. The molecule has 8 atom stereocenters. The molecule has 2 aromatic carbocycles. The van der Waals surface area contributed by atoms with Crippen molar-refractivity contribution in [2.75, 3.05) is 41.2 Å². The first-order valence-electron chi connectivity index (χ1n) is 12.9. The van der Waals surface area contributed by atoms with E-state index in [9.17, 15) is 40.5 Å². The molecule has 2 saturated heterocycles. The van der Waals surface area contributed by atoms with Gasteiger partial charge in [0.1, 0.15) is 36.8 Å². The summed E-state index contributed by atoms with van der Waals surface area (Å²) >= 11 is 0. The van der Waals surface area contributed by atoms with Crippen LogP contribution in [0.15, 0.2) is 30.3 Å². The van der Waals surface area contributed by atoms with E-state index in [-0.39, 0.29) is 40.1 Å². The van der Waals surface area contributed by atoms with Crippen LogP contribution in [-0.4, -0.2) is 132 Å². The molecule has 4 rings (SSSR count). The fraction of sp³-hybridized carbons (Fsp3) is 0.519. The SMILES string of the molecule is COc1cc(C(=O)OC[C@@]2(O)CO[C@@H](O[C@H]3[C@H](Oc4c(OC)cc(O)cc4OC)O[C@H](CO)[C@@H](O)[C@@H]3O)[C@@H]2O)ccc1O. The maximum atomic E-state index is 12.5. The minimum atomic E-state index is -2.16. The smallest absolute Gasteiger partial charge is 0.338 e. The van der Waals surface area contributed by atoms with E-state index in [1.54, 1.807) is 0 Å². The zero-order valence-electron chi connectivity index (χ0n) is 23.4. The van der Waals surface area contributed by atoms with Crippen molar-refractivity contribution in [2.24, 2.45) is 0 Å². The van der Waals surface area contributed by atoms with Crippen LogP contribution in [0.1, 0.15) is 10.4 Å². The second-order valence-corrected chi connectivity index (χ2v) is 9.80. The molecule has 16 heteroatoms. The highest BCUT2D eigenvalue weighted by atomic mass is 16.8. The number of aliphatic hydroxyl groups is 5. The van der Waals surface area contributed by atoms with E-state index < -0.39 is 74.5 Å². The van der Waals surface area contributed by atoms with E-state index >= 15 is 0 Å². The second-order valence-electron chi connectivity index (χ2n) is 9.80. The van der Waals surface area contributed by atoms with Crippen molar-refractivity contribution in [1.82, 2.24) is 0 Å². The molecule has 0 unspecified atom stereocenters. The van der Waals surface area contributed by atoms with Crippen LogP contribution in [0.3, 0.4) is 0 Å². The number of aromatic hydroxyl groups is 2. The molecule has 16 nitrogen and oxygen atoms in total. The predicted molar refractivity (Wildman–Crippen MR) is 140 cm³/mol. The summed E-state index contributed by atoms with van der Waals surface area (Å²) in [6, 6.07) is 6.14.